The van der Waals surface area contributed by atoms with Crippen LogP contribution >= 0.6 is 0 Å². The Balaban J connectivity index is 2.77. The fourth-order valence-corrected chi connectivity index (χ4v) is 1.82. The fourth-order valence-electron chi connectivity index (χ4n) is 1.82. The smallest absolute Gasteiger partial charge is 0.326 e. The van der Waals surface area contributed by atoms with Gasteiger partial charge in [-0.1, -0.05) is 0 Å². The third-order valence-corrected chi connectivity index (χ3v) is 2.49. The molecule has 0 radical (unpaired) electrons. The largest absolute Gasteiger partial charge is 0.405 e. The molecule has 1 aromatic rings. The van der Waals surface area contributed by atoms with E-state index in [1.165, 1.54) is 18.9 Å². The fraction of sp³-hybridized carbons (Fsp3) is 0.545. The number of hydrogen-bond acceptors (Lipinski definition) is 3. The second kappa shape index (κ2) is 5.46. The lowest BCUT2D eigenvalue weighted by molar-refractivity contribution is -0.186. The topological polar surface area (TPSA) is 42.1 Å². The summed E-state index contributed by atoms with van der Waals surface area (Å²) in [6.45, 7) is 1.55. The zero-order valence-corrected chi connectivity index (χ0v) is 9.78. The van der Waals surface area contributed by atoms with Crippen molar-refractivity contribution in [1.82, 2.24) is 9.88 Å². The number of halogens is 3. The Morgan fingerprint density at radius 2 is 1.88 bits per heavy atom. The molecule has 0 saturated heterocycles. The lowest BCUT2D eigenvalue weighted by atomic mass is 10.1. The first-order valence-electron chi connectivity index (χ1n) is 5.24. The Labute approximate surface area is 98.4 Å². The van der Waals surface area contributed by atoms with E-state index in [-0.39, 0.29) is 6.54 Å². The average Bonchev–Trinajstić information content (AvgIpc) is 2.15. The van der Waals surface area contributed by atoms with Gasteiger partial charge in [0.1, 0.15) is 6.04 Å². The molecule has 0 aliphatic heterocycles. The standard InChI is InChI=1S/C11H16F3N3/c1-8(15)10(11(12,13)14)17(2)7-9-3-5-16-6-4-9/h3-6,8,10H,7,15H2,1-2H3. The summed E-state index contributed by atoms with van der Waals surface area (Å²) in [4.78, 5) is 5.02. The highest BCUT2D eigenvalue weighted by Crippen LogP contribution is 2.26. The SMILES string of the molecule is CC(N)C(N(C)Cc1ccncc1)C(F)(F)F. The number of hydrogen-bond donors (Lipinski definition) is 1. The van der Waals surface area contributed by atoms with Crippen molar-refractivity contribution in [3.05, 3.63) is 30.1 Å². The molecular weight excluding hydrogens is 231 g/mol. The summed E-state index contributed by atoms with van der Waals surface area (Å²) in [5.74, 6) is 0. The Hall–Kier alpha value is -1.14. The summed E-state index contributed by atoms with van der Waals surface area (Å²) >= 11 is 0. The molecule has 2 unspecified atom stereocenters. The first-order chi connectivity index (χ1) is 7.82. The van der Waals surface area contributed by atoms with E-state index in [9.17, 15) is 13.2 Å². The highest BCUT2D eigenvalue weighted by molar-refractivity contribution is 5.09. The number of aromatic nitrogens is 1. The highest BCUT2D eigenvalue weighted by atomic mass is 19.4. The molecule has 1 rings (SSSR count). The quantitative estimate of drug-likeness (QED) is 0.882. The maximum atomic E-state index is 12.8. The molecule has 0 aromatic carbocycles. The van der Waals surface area contributed by atoms with E-state index in [4.69, 9.17) is 5.73 Å². The molecule has 0 aliphatic carbocycles. The Kier molecular flexibility index (Phi) is 4.47. The molecule has 0 fully saturated rings. The van der Waals surface area contributed by atoms with E-state index in [1.54, 1.807) is 24.5 Å². The lowest BCUT2D eigenvalue weighted by Crippen LogP contribution is -2.53. The molecule has 1 heterocycles. The molecule has 17 heavy (non-hydrogen) atoms. The summed E-state index contributed by atoms with van der Waals surface area (Å²) in [6.07, 6.45) is -1.22. The first kappa shape index (κ1) is 13.9. The predicted octanol–water partition coefficient (Wildman–Crippen LogP) is 1.79. The van der Waals surface area contributed by atoms with Crippen molar-refractivity contribution >= 4 is 0 Å². The molecule has 96 valence electrons. The van der Waals surface area contributed by atoms with Gasteiger partial charge >= 0.3 is 6.18 Å². The number of pyridine rings is 1. The van der Waals surface area contributed by atoms with Gasteiger partial charge in [-0.2, -0.15) is 13.2 Å². The van der Waals surface area contributed by atoms with Crippen LogP contribution in [-0.2, 0) is 6.54 Å². The zero-order valence-electron chi connectivity index (χ0n) is 9.78. The Morgan fingerprint density at radius 1 is 1.35 bits per heavy atom. The van der Waals surface area contributed by atoms with E-state index in [1.807, 2.05) is 0 Å². The molecule has 0 saturated carbocycles. The second-order valence-electron chi connectivity index (χ2n) is 4.12. The average molecular weight is 247 g/mol. The van der Waals surface area contributed by atoms with Gasteiger partial charge in [-0.25, -0.2) is 0 Å². The minimum atomic E-state index is -4.32. The molecule has 2 N–H and O–H groups in total. The minimum absolute atomic E-state index is 0.189. The van der Waals surface area contributed by atoms with Crippen LogP contribution in [0.3, 0.4) is 0 Å². The van der Waals surface area contributed by atoms with Crippen molar-refractivity contribution in [3.8, 4) is 0 Å². The zero-order chi connectivity index (χ0) is 13.1. The molecule has 0 amide bonds. The summed E-state index contributed by atoms with van der Waals surface area (Å²) < 4.78 is 38.4. The maximum absolute atomic E-state index is 12.8. The third-order valence-electron chi connectivity index (χ3n) is 2.49. The molecule has 0 aliphatic rings. The van der Waals surface area contributed by atoms with Gasteiger partial charge in [0.15, 0.2) is 0 Å². The summed E-state index contributed by atoms with van der Waals surface area (Å²) in [5, 5.41) is 0. The van der Waals surface area contributed by atoms with Crippen molar-refractivity contribution in [1.29, 1.82) is 0 Å². The van der Waals surface area contributed by atoms with Crippen LogP contribution in [0.2, 0.25) is 0 Å². The Bertz CT molecular complexity index is 338. The van der Waals surface area contributed by atoms with E-state index >= 15 is 0 Å². The van der Waals surface area contributed by atoms with Gasteiger partial charge in [-0.3, -0.25) is 9.88 Å². The number of nitrogens with two attached hydrogens (primary N) is 1. The van der Waals surface area contributed by atoms with Gasteiger partial charge < -0.3 is 5.73 Å². The molecule has 3 nitrogen and oxygen atoms in total. The van der Waals surface area contributed by atoms with Crippen LogP contribution in [0.15, 0.2) is 24.5 Å². The van der Waals surface area contributed by atoms with Crippen molar-refractivity contribution < 1.29 is 13.2 Å². The van der Waals surface area contributed by atoms with Gasteiger partial charge in [-0.05, 0) is 31.7 Å². The lowest BCUT2D eigenvalue weighted by Gasteiger charge is -2.32. The second-order valence-corrected chi connectivity index (χ2v) is 4.12. The van der Waals surface area contributed by atoms with Gasteiger partial charge in [0.25, 0.3) is 0 Å². The number of nitrogens with zero attached hydrogens (tertiary/aromatic N) is 2. The van der Waals surface area contributed by atoms with E-state index in [0.29, 0.717) is 0 Å². The monoisotopic (exact) mass is 247 g/mol. The summed E-state index contributed by atoms with van der Waals surface area (Å²) in [6, 6.07) is 0.758. The molecule has 6 heteroatoms. The van der Waals surface area contributed by atoms with E-state index in [2.05, 4.69) is 4.98 Å². The van der Waals surface area contributed by atoms with Crippen LogP contribution in [0, 0.1) is 0 Å². The third kappa shape index (κ3) is 3.98. The van der Waals surface area contributed by atoms with Gasteiger partial charge in [0, 0.05) is 25.0 Å². The van der Waals surface area contributed by atoms with Gasteiger partial charge in [0.05, 0.1) is 0 Å². The van der Waals surface area contributed by atoms with Crippen LogP contribution in [0.4, 0.5) is 13.2 Å². The maximum Gasteiger partial charge on any atom is 0.405 e. The van der Waals surface area contributed by atoms with Crippen LogP contribution in [0.25, 0.3) is 0 Å². The molecule has 0 spiro atoms. The molecule has 2 atom stereocenters. The number of rotatable bonds is 4. The summed E-state index contributed by atoms with van der Waals surface area (Å²) in [7, 11) is 1.42. The van der Waals surface area contributed by atoms with Crippen LogP contribution in [0.5, 0.6) is 0 Å². The summed E-state index contributed by atoms with van der Waals surface area (Å²) in [5.41, 5.74) is 6.18. The minimum Gasteiger partial charge on any atom is -0.326 e. The predicted molar refractivity (Wildman–Crippen MR) is 59.2 cm³/mol. The van der Waals surface area contributed by atoms with Crippen molar-refractivity contribution in [2.75, 3.05) is 7.05 Å². The van der Waals surface area contributed by atoms with E-state index in [0.717, 1.165) is 5.56 Å². The number of likely N-dealkylation sites (N-methyl/N-ethyl adjacent to an activating group) is 1. The van der Waals surface area contributed by atoms with Gasteiger partial charge in [-0.15, -0.1) is 0 Å². The van der Waals surface area contributed by atoms with Gasteiger partial charge in [0.2, 0.25) is 0 Å². The normalized spacial score (nSPS) is 15.9. The number of alkyl halides is 3. The van der Waals surface area contributed by atoms with Crippen LogP contribution in [-0.4, -0.2) is 35.2 Å². The van der Waals surface area contributed by atoms with Crippen molar-refractivity contribution in [2.45, 2.75) is 31.7 Å². The van der Waals surface area contributed by atoms with Crippen LogP contribution < -0.4 is 5.73 Å². The molecule has 0 bridgehead atoms. The first-order valence-corrected chi connectivity index (χ1v) is 5.24. The highest BCUT2D eigenvalue weighted by Gasteiger charge is 2.44. The molecule has 1 aromatic heterocycles. The Morgan fingerprint density at radius 3 is 2.29 bits per heavy atom. The van der Waals surface area contributed by atoms with Crippen molar-refractivity contribution in [2.24, 2.45) is 5.73 Å². The van der Waals surface area contributed by atoms with Crippen LogP contribution in [0.1, 0.15) is 12.5 Å². The molecular formula is C11H16F3N3. The van der Waals surface area contributed by atoms with Crippen molar-refractivity contribution in [3.63, 3.8) is 0 Å². The van der Waals surface area contributed by atoms with E-state index < -0.39 is 18.3 Å².